The van der Waals surface area contributed by atoms with Crippen molar-refractivity contribution in [1.29, 1.82) is 0 Å². The van der Waals surface area contributed by atoms with Crippen LogP contribution in [-0.4, -0.2) is 10.1 Å². The van der Waals surface area contributed by atoms with Gasteiger partial charge in [-0.25, -0.2) is 0 Å². The minimum atomic E-state index is -0.258. The minimum absolute atomic E-state index is 0.241. The normalized spacial score (nSPS) is 12.6. The van der Waals surface area contributed by atoms with Gasteiger partial charge >= 0.3 is 0 Å². The van der Waals surface area contributed by atoms with Crippen LogP contribution in [0, 0.1) is 0 Å². The van der Waals surface area contributed by atoms with Crippen LogP contribution in [0.15, 0.2) is 34.9 Å². The molecule has 0 amide bonds. The van der Waals surface area contributed by atoms with Crippen molar-refractivity contribution in [3.05, 3.63) is 47.6 Å². The molecule has 84 valence electrons. The summed E-state index contributed by atoms with van der Waals surface area (Å²) in [5.41, 5.74) is 12.5. The third-order valence-electron chi connectivity index (χ3n) is 2.29. The summed E-state index contributed by atoms with van der Waals surface area (Å²) < 4.78 is 4.91. The van der Waals surface area contributed by atoms with Crippen molar-refractivity contribution >= 4 is 0 Å². The smallest absolute Gasteiger partial charge is 0.240 e. The van der Waals surface area contributed by atoms with Gasteiger partial charge in [0.15, 0.2) is 5.82 Å². The molecule has 1 aromatic carbocycles. The number of benzene rings is 1. The van der Waals surface area contributed by atoms with Crippen LogP contribution in [-0.2, 0) is 13.0 Å². The van der Waals surface area contributed by atoms with Crippen LogP contribution in [0.25, 0.3) is 0 Å². The van der Waals surface area contributed by atoms with Gasteiger partial charge in [0, 0.05) is 0 Å². The molecule has 0 saturated carbocycles. The lowest BCUT2D eigenvalue weighted by atomic mass is 10.1. The molecule has 0 saturated heterocycles. The van der Waals surface area contributed by atoms with Crippen LogP contribution < -0.4 is 11.5 Å². The monoisotopic (exact) mass is 218 g/mol. The molecule has 0 bridgehead atoms. The number of hydrogen-bond acceptors (Lipinski definition) is 5. The van der Waals surface area contributed by atoms with E-state index in [1.165, 1.54) is 0 Å². The van der Waals surface area contributed by atoms with Crippen molar-refractivity contribution in [1.82, 2.24) is 10.1 Å². The SMILES string of the molecule is NCc1nc(C(N)Cc2ccccc2)no1. The summed E-state index contributed by atoms with van der Waals surface area (Å²) in [5, 5.41) is 3.79. The third-order valence-corrected chi connectivity index (χ3v) is 2.29. The molecule has 2 aromatic rings. The second-order valence-corrected chi connectivity index (χ2v) is 3.55. The Kier molecular flexibility index (Phi) is 3.28. The zero-order chi connectivity index (χ0) is 11.4. The van der Waals surface area contributed by atoms with Gasteiger partial charge in [-0.1, -0.05) is 35.5 Å². The molecule has 0 radical (unpaired) electrons. The minimum Gasteiger partial charge on any atom is -0.338 e. The van der Waals surface area contributed by atoms with E-state index in [1.54, 1.807) is 0 Å². The van der Waals surface area contributed by atoms with Crippen molar-refractivity contribution < 1.29 is 4.52 Å². The van der Waals surface area contributed by atoms with Crippen LogP contribution in [0.5, 0.6) is 0 Å². The first kappa shape index (κ1) is 10.8. The van der Waals surface area contributed by atoms with Crippen LogP contribution in [0.3, 0.4) is 0 Å². The maximum Gasteiger partial charge on any atom is 0.240 e. The highest BCUT2D eigenvalue weighted by molar-refractivity contribution is 5.16. The van der Waals surface area contributed by atoms with E-state index < -0.39 is 0 Å². The van der Waals surface area contributed by atoms with E-state index in [4.69, 9.17) is 16.0 Å². The maximum atomic E-state index is 5.97. The Morgan fingerprint density at radius 1 is 1.25 bits per heavy atom. The van der Waals surface area contributed by atoms with Crippen LogP contribution in [0.2, 0.25) is 0 Å². The Morgan fingerprint density at radius 2 is 2.00 bits per heavy atom. The van der Waals surface area contributed by atoms with Gasteiger partial charge in [-0.15, -0.1) is 0 Å². The van der Waals surface area contributed by atoms with E-state index in [0.29, 0.717) is 18.1 Å². The number of aromatic nitrogens is 2. The first-order valence-corrected chi connectivity index (χ1v) is 5.11. The highest BCUT2D eigenvalue weighted by Gasteiger charge is 2.13. The molecule has 5 heteroatoms. The Labute approximate surface area is 93.4 Å². The lowest BCUT2D eigenvalue weighted by molar-refractivity contribution is 0.371. The van der Waals surface area contributed by atoms with Gasteiger partial charge in [0.1, 0.15) is 0 Å². The van der Waals surface area contributed by atoms with E-state index in [1.807, 2.05) is 30.3 Å². The molecule has 0 spiro atoms. The summed E-state index contributed by atoms with van der Waals surface area (Å²) in [5.74, 6) is 0.919. The van der Waals surface area contributed by atoms with Crippen molar-refractivity contribution in [3.63, 3.8) is 0 Å². The zero-order valence-corrected chi connectivity index (χ0v) is 8.84. The summed E-state index contributed by atoms with van der Waals surface area (Å²) in [6.45, 7) is 0.241. The van der Waals surface area contributed by atoms with E-state index in [9.17, 15) is 0 Å². The third kappa shape index (κ3) is 2.44. The van der Waals surface area contributed by atoms with Crippen molar-refractivity contribution in [2.45, 2.75) is 19.0 Å². The highest BCUT2D eigenvalue weighted by atomic mass is 16.5. The molecule has 0 aliphatic rings. The molecule has 2 rings (SSSR count). The topological polar surface area (TPSA) is 91.0 Å². The van der Waals surface area contributed by atoms with Crippen molar-refractivity contribution in [2.75, 3.05) is 0 Å². The molecule has 1 aromatic heterocycles. The average molecular weight is 218 g/mol. The van der Waals surface area contributed by atoms with Crippen LogP contribution in [0.1, 0.15) is 23.3 Å². The predicted molar refractivity (Wildman–Crippen MR) is 59.3 cm³/mol. The molecule has 0 aliphatic carbocycles. The van der Waals surface area contributed by atoms with Gasteiger partial charge in [-0.2, -0.15) is 4.98 Å². The number of rotatable bonds is 4. The van der Waals surface area contributed by atoms with Gasteiger partial charge in [0.25, 0.3) is 0 Å². The van der Waals surface area contributed by atoms with Gasteiger partial charge in [-0.05, 0) is 12.0 Å². The number of hydrogen-bond donors (Lipinski definition) is 2. The van der Waals surface area contributed by atoms with E-state index in [0.717, 1.165) is 5.56 Å². The Hall–Kier alpha value is -1.72. The van der Waals surface area contributed by atoms with Gasteiger partial charge in [0.2, 0.25) is 5.89 Å². The number of nitrogens with two attached hydrogens (primary N) is 2. The molecule has 1 atom stereocenters. The first-order chi connectivity index (χ1) is 7.79. The van der Waals surface area contributed by atoms with Gasteiger partial charge in [0.05, 0.1) is 12.6 Å². The molecular weight excluding hydrogens is 204 g/mol. The summed E-state index contributed by atoms with van der Waals surface area (Å²) in [4.78, 5) is 4.10. The van der Waals surface area contributed by atoms with Crippen molar-refractivity contribution in [3.8, 4) is 0 Å². The largest absolute Gasteiger partial charge is 0.338 e. The van der Waals surface area contributed by atoms with E-state index in [2.05, 4.69) is 10.1 Å². The second kappa shape index (κ2) is 4.87. The highest BCUT2D eigenvalue weighted by Crippen LogP contribution is 2.12. The summed E-state index contributed by atoms with van der Waals surface area (Å²) in [6, 6.07) is 9.70. The summed E-state index contributed by atoms with van der Waals surface area (Å²) in [7, 11) is 0. The summed E-state index contributed by atoms with van der Waals surface area (Å²) >= 11 is 0. The molecule has 16 heavy (non-hydrogen) atoms. The van der Waals surface area contributed by atoms with Crippen LogP contribution in [0.4, 0.5) is 0 Å². The second-order valence-electron chi connectivity index (χ2n) is 3.55. The molecule has 5 nitrogen and oxygen atoms in total. The fourth-order valence-corrected chi connectivity index (χ4v) is 1.46. The molecular formula is C11H14N4O. The molecule has 0 fully saturated rings. The predicted octanol–water partition coefficient (Wildman–Crippen LogP) is 0.771. The van der Waals surface area contributed by atoms with Gasteiger partial charge < -0.3 is 16.0 Å². The maximum absolute atomic E-state index is 5.97. The molecule has 0 aliphatic heterocycles. The van der Waals surface area contributed by atoms with Gasteiger partial charge in [-0.3, -0.25) is 0 Å². The average Bonchev–Trinajstić information content (AvgIpc) is 2.79. The lowest BCUT2D eigenvalue weighted by Crippen LogP contribution is -2.15. The Balaban J connectivity index is 2.05. The fraction of sp³-hybridized carbons (Fsp3) is 0.273. The molecule has 1 unspecified atom stereocenters. The Bertz CT molecular complexity index is 440. The van der Waals surface area contributed by atoms with E-state index >= 15 is 0 Å². The van der Waals surface area contributed by atoms with Crippen molar-refractivity contribution in [2.24, 2.45) is 11.5 Å². The van der Waals surface area contributed by atoms with E-state index in [-0.39, 0.29) is 12.6 Å². The van der Waals surface area contributed by atoms with Crippen LogP contribution >= 0.6 is 0 Å². The standard InChI is InChI=1S/C11H14N4O/c12-7-10-14-11(15-16-10)9(13)6-8-4-2-1-3-5-8/h1-5,9H,6-7,12-13H2. The zero-order valence-electron chi connectivity index (χ0n) is 8.84. The molecule has 1 heterocycles. The summed E-state index contributed by atoms with van der Waals surface area (Å²) in [6.07, 6.45) is 0.685. The quantitative estimate of drug-likeness (QED) is 0.791. The number of nitrogens with zero attached hydrogens (tertiary/aromatic N) is 2. The Morgan fingerprint density at radius 3 is 2.62 bits per heavy atom. The lowest BCUT2D eigenvalue weighted by Gasteiger charge is -2.06. The first-order valence-electron chi connectivity index (χ1n) is 5.11. The fourth-order valence-electron chi connectivity index (χ4n) is 1.46. The molecule has 4 N–H and O–H groups in total.